The van der Waals surface area contributed by atoms with Crippen molar-refractivity contribution in [2.75, 3.05) is 11.9 Å². The summed E-state index contributed by atoms with van der Waals surface area (Å²) in [5.41, 5.74) is 4.70. The van der Waals surface area contributed by atoms with Gasteiger partial charge in [-0.25, -0.2) is 4.39 Å². The van der Waals surface area contributed by atoms with Gasteiger partial charge in [0.15, 0.2) is 0 Å². The second-order valence-electron chi connectivity index (χ2n) is 5.91. The number of anilines is 1. The number of fused-ring (bicyclic) bond motifs is 1. The van der Waals surface area contributed by atoms with Crippen LogP contribution < -0.4 is 10.6 Å². The van der Waals surface area contributed by atoms with Gasteiger partial charge in [-0.05, 0) is 60.6 Å². The van der Waals surface area contributed by atoms with Crippen molar-refractivity contribution in [1.29, 1.82) is 0 Å². The Hall–Kier alpha value is -2.36. The van der Waals surface area contributed by atoms with Gasteiger partial charge in [0, 0.05) is 12.2 Å². The summed E-state index contributed by atoms with van der Waals surface area (Å²) in [7, 11) is 0. The third-order valence-corrected chi connectivity index (χ3v) is 4.24. The fourth-order valence-electron chi connectivity index (χ4n) is 2.99. The first-order valence-electron chi connectivity index (χ1n) is 8.08. The lowest BCUT2D eigenvalue weighted by Gasteiger charge is -2.20. The van der Waals surface area contributed by atoms with Gasteiger partial charge in [-0.3, -0.25) is 4.79 Å². The summed E-state index contributed by atoms with van der Waals surface area (Å²) in [5, 5.41) is 6.09. The van der Waals surface area contributed by atoms with E-state index < -0.39 is 0 Å². The van der Waals surface area contributed by atoms with Gasteiger partial charge >= 0.3 is 0 Å². The van der Waals surface area contributed by atoms with Crippen LogP contribution in [-0.2, 0) is 24.2 Å². The van der Waals surface area contributed by atoms with E-state index in [1.807, 2.05) is 12.1 Å². The van der Waals surface area contributed by atoms with E-state index in [4.69, 9.17) is 0 Å². The Morgan fingerprint density at radius 1 is 1.04 bits per heavy atom. The van der Waals surface area contributed by atoms with Gasteiger partial charge in [0.1, 0.15) is 5.82 Å². The Bertz CT molecular complexity index is 682. The summed E-state index contributed by atoms with van der Waals surface area (Å²) in [6.45, 7) is 0.658. The molecule has 1 amide bonds. The molecule has 120 valence electrons. The molecule has 1 aliphatic carbocycles. The van der Waals surface area contributed by atoms with Gasteiger partial charge in [-0.1, -0.05) is 24.3 Å². The molecule has 1 aliphatic rings. The molecule has 0 bridgehead atoms. The number of amides is 1. The minimum Gasteiger partial charge on any atom is -0.376 e. The average molecular weight is 312 g/mol. The molecule has 0 atom stereocenters. The van der Waals surface area contributed by atoms with Crippen molar-refractivity contribution >= 4 is 11.6 Å². The first-order chi connectivity index (χ1) is 11.2. The molecule has 4 heteroatoms. The van der Waals surface area contributed by atoms with Crippen LogP contribution in [0.3, 0.4) is 0 Å². The number of benzene rings is 2. The van der Waals surface area contributed by atoms with Crippen LogP contribution in [0.5, 0.6) is 0 Å². The highest BCUT2D eigenvalue weighted by Gasteiger charge is 2.13. The standard InChI is InChI=1S/C19H21FN2O/c20-16-10-8-14(9-11-16)12-22-19(23)13-21-18-7-3-5-15-4-1-2-6-17(15)18/h3,5,7-11,21H,1-2,4,6,12-13H2,(H,22,23). The molecular weight excluding hydrogens is 291 g/mol. The maximum atomic E-state index is 12.8. The summed E-state index contributed by atoms with van der Waals surface area (Å²) in [4.78, 5) is 12.0. The van der Waals surface area contributed by atoms with E-state index in [1.165, 1.54) is 36.1 Å². The molecule has 0 saturated carbocycles. The number of aryl methyl sites for hydroxylation is 1. The molecule has 0 aromatic heterocycles. The number of hydrogen-bond acceptors (Lipinski definition) is 2. The molecule has 0 spiro atoms. The second-order valence-corrected chi connectivity index (χ2v) is 5.91. The first-order valence-corrected chi connectivity index (χ1v) is 8.08. The molecule has 0 heterocycles. The maximum absolute atomic E-state index is 12.8. The first kappa shape index (κ1) is 15.5. The molecule has 2 N–H and O–H groups in total. The fraction of sp³-hybridized carbons (Fsp3) is 0.316. The average Bonchev–Trinajstić information content (AvgIpc) is 2.59. The van der Waals surface area contributed by atoms with E-state index in [0.29, 0.717) is 6.54 Å². The van der Waals surface area contributed by atoms with E-state index >= 15 is 0 Å². The molecular formula is C19H21FN2O. The lowest BCUT2D eigenvalue weighted by Crippen LogP contribution is -2.29. The monoisotopic (exact) mass is 312 g/mol. The Morgan fingerprint density at radius 2 is 1.83 bits per heavy atom. The van der Waals surface area contributed by atoms with Gasteiger partial charge < -0.3 is 10.6 Å². The third-order valence-electron chi connectivity index (χ3n) is 4.24. The minimum atomic E-state index is -0.268. The Morgan fingerprint density at radius 3 is 2.65 bits per heavy atom. The third kappa shape index (κ3) is 4.09. The van der Waals surface area contributed by atoms with Crippen molar-refractivity contribution in [3.8, 4) is 0 Å². The zero-order valence-corrected chi connectivity index (χ0v) is 13.1. The molecule has 0 saturated heterocycles. The van der Waals surface area contributed by atoms with Gasteiger partial charge in [-0.2, -0.15) is 0 Å². The molecule has 3 rings (SSSR count). The van der Waals surface area contributed by atoms with Gasteiger partial charge in [0.05, 0.1) is 6.54 Å². The minimum absolute atomic E-state index is 0.0669. The summed E-state index contributed by atoms with van der Waals surface area (Å²) in [6, 6.07) is 12.4. The predicted octanol–water partition coefficient (Wildman–Crippen LogP) is 3.43. The van der Waals surface area contributed by atoms with Crippen LogP contribution >= 0.6 is 0 Å². The van der Waals surface area contributed by atoms with Gasteiger partial charge in [-0.15, -0.1) is 0 Å². The number of nitrogens with one attached hydrogen (secondary N) is 2. The molecule has 0 fully saturated rings. The highest BCUT2D eigenvalue weighted by atomic mass is 19.1. The van der Waals surface area contributed by atoms with Crippen LogP contribution in [0.2, 0.25) is 0 Å². The van der Waals surface area contributed by atoms with E-state index in [9.17, 15) is 9.18 Å². The van der Waals surface area contributed by atoms with Crippen molar-refractivity contribution in [3.63, 3.8) is 0 Å². The lowest BCUT2D eigenvalue weighted by atomic mass is 9.90. The van der Waals surface area contributed by atoms with Crippen LogP contribution in [0.15, 0.2) is 42.5 Å². The summed E-state index contributed by atoms with van der Waals surface area (Å²) in [5.74, 6) is -0.335. The summed E-state index contributed by atoms with van der Waals surface area (Å²) in [6.07, 6.45) is 4.66. The Labute approximate surface area is 135 Å². The van der Waals surface area contributed by atoms with E-state index in [2.05, 4.69) is 16.7 Å². The zero-order valence-electron chi connectivity index (χ0n) is 13.1. The summed E-state index contributed by atoms with van der Waals surface area (Å²) >= 11 is 0. The number of halogens is 1. The summed E-state index contributed by atoms with van der Waals surface area (Å²) < 4.78 is 12.8. The Balaban J connectivity index is 1.52. The fourth-order valence-corrected chi connectivity index (χ4v) is 2.99. The van der Waals surface area contributed by atoms with Crippen LogP contribution in [0.1, 0.15) is 29.5 Å². The number of carbonyl (C=O) groups excluding carboxylic acids is 1. The SMILES string of the molecule is O=C(CNc1cccc2c1CCCC2)NCc1ccc(F)cc1. The molecule has 3 nitrogen and oxygen atoms in total. The maximum Gasteiger partial charge on any atom is 0.239 e. The van der Waals surface area contributed by atoms with Crippen LogP contribution in [-0.4, -0.2) is 12.5 Å². The van der Waals surface area contributed by atoms with E-state index in [1.54, 1.807) is 12.1 Å². The van der Waals surface area contributed by atoms with E-state index in [-0.39, 0.29) is 18.3 Å². The predicted molar refractivity (Wildman–Crippen MR) is 89.8 cm³/mol. The van der Waals surface area contributed by atoms with Gasteiger partial charge in [0.25, 0.3) is 0 Å². The molecule has 0 aliphatic heterocycles. The largest absolute Gasteiger partial charge is 0.376 e. The quantitative estimate of drug-likeness (QED) is 0.888. The van der Waals surface area contributed by atoms with Gasteiger partial charge in [0.2, 0.25) is 5.91 Å². The zero-order chi connectivity index (χ0) is 16.1. The molecule has 0 radical (unpaired) electrons. The van der Waals surface area contributed by atoms with Crippen molar-refractivity contribution in [1.82, 2.24) is 5.32 Å². The van der Waals surface area contributed by atoms with Crippen LogP contribution in [0.25, 0.3) is 0 Å². The van der Waals surface area contributed by atoms with Crippen molar-refractivity contribution < 1.29 is 9.18 Å². The van der Waals surface area contributed by atoms with Crippen LogP contribution in [0.4, 0.5) is 10.1 Å². The van der Waals surface area contributed by atoms with Crippen LogP contribution in [0, 0.1) is 5.82 Å². The number of carbonyl (C=O) groups is 1. The number of hydrogen-bond donors (Lipinski definition) is 2. The van der Waals surface area contributed by atoms with Crippen molar-refractivity contribution in [2.45, 2.75) is 32.2 Å². The van der Waals surface area contributed by atoms with E-state index in [0.717, 1.165) is 24.1 Å². The molecule has 23 heavy (non-hydrogen) atoms. The topological polar surface area (TPSA) is 41.1 Å². The highest BCUT2D eigenvalue weighted by molar-refractivity contribution is 5.81. The Kier molecular flexibility index (Phi) is 4.91. The second kappa shape index (κ2) is 7.27. The van der Waals surface area contributed by atoms with Crippen molar-refractivity contribution in [2.24, 2.45) is 0 Å². The lowest BCUT2D eigenvalue weighted by molar-refractivity contribution is -0.119. The highest BCUT2D eigenvalue weighted by Crippen LogP contribution is 2.27. The molecule has 2 aromatic carbocycles. The normalized spacial score (nSPS) is 13.3. The molecule has 2 aromatic rings. The molecule has 0 unspecified atom stereocenters. The van der Waals surface area contributed by atoms with Crippen molar-refractivity contribution in [3.05, 3.63) is 65.0 Å². The number of rotatable bonds is 5. The smallest absolute Gasteiger partial charge is 0.239 e.